The van der Waals surface area contributed by atoms with E-state index in [9.17, 15) is 4.79 Å². The van der Waals surface area contributed by atoms with Crippen molar-refractivity contribution in [2.75, 3.05) is 12.8 Å². The third-order valence-corrected chi connectivity index (χ3v) is 3.91. The molecule has 98 valence electrons. The van der Waals surface area contributed by atoms with Gasteiger partial charge in [0.15, 0.2) is 0 Å². The van der Waals surface area contributed by atoms with Crippen LogP contribution in [-0.2, 0) is 11.2 Å². The van der Waals surface area contributed by atoms with Crippen molar-refractivity contribution in [1.29, 1.82) is 0 Å². The Morgan fingerprint density at radius 2 is 1.94 bits per heavy atom. The summed E-state index contributed by atoms with van der Waals surface area (Å²) in [5.74, 6) is 0.180. The molecule has 1 aliphatic carbocycles. The molecule has 0 spiro atoms. The van der Waals surface area contributed by atoms with Gasteiger partial charge in [-0.05, 0) is 24.5 Å². The van der Waals surface area contributed by atoms with Crippen LogP contribution in [0.5, 0.6) is 0 Å². The highest BCUT2D eigenvalue weighted by molar-refractivity contribution is 5.80. The Labute approximate surface area is 109 Å². The Morgan fingerprint density at radius 1 is 1.28 bits per heavy atom. The minimum atomic E-state index is 0.180. The second kappa shape index (κ2) is 5.89. The Hall–Kier alpha value is -1.51. The maximum Gasteiger partial charge on any atom is 0.227 e. The Bertz CT molecular complexity index is 411. The zero-order chi connectivity index (χ0) is 13.0. The number of benzene rings is 1. The third-order valence-electron chi connectivity index (χ3n) is 3.91. The maximum absolute atomic E-state index is 12.2. The van der Waals surface area contributed by atoms with E-state index < -0.39 is 0 Å². The van der Waals surface area contributed by atoms with Gasteiger partial charge in [-0.15, -0.1) is 0 Å². The zero-order valence-corrected chi connectivity index (χ0v) is 11.1. The topological polar surface area (TPSA) is 46.3 Å². The highest BCUT2D eigenvalue weighted by Gasteiger charge is 2.22. The van der Waals surface area contributed by atoms with E-state index >= 15 is 0 Å². The van der Waals surface area contributed by atoms with Crippen LogP contribution in [0.1, 0.15) is 37.7 Å². The lowest BCUT2D eigenvalue weighted by molar-refractivity contribution is -0.131. The van der Waals surface area contributed by atoms with E-state index in [0.29, 0.717) is 18.2 Å². The van der Waals surface area contributed by atoms with Crippen molar-refractivity contribution in [2.24, 2.45) is 0 Å². The molecule has 2 N–H and O–H groups in total. The van der Waals surface area contributed by atoms with Crippen LogP contribution in [0.25, 0.3) is 0 Å². The van der Waals surface area contributed by atoms with Crippen molar-refractivity contribution >= 4 is 11.6 Å². The minimum Gasteiger partial charge on any atom is -0.398 e. The standard InChI is InChI=1S/C15H22N2O/c1-17(13-8-3-2-4-9-13)15(18)11-12-7-5-6-10-14(12)16/h5-7,10,13H,2-4,8-9,11,16H2,1H3. The van der Waals surface area contributed by atoms with Crippen molar-refractivity contribution in [3.8, 4) is 0 Å². The molecule has 1 saturated carbocycles. The molecule has 18 heavy (non-hydrogen) atoms. The van der Waals surface area contributed by atoms with Crippen LogP contribution in [0.3, 0.4) is 0 Å². The second-order valence-corrected chi connectivity index (χ2v) is 5.17. The molecule has 1 aliphatic rings. The number of likely N-dealkylation sites (N-methyl/N-ethyl adjacent to an activating group) is 1. The number of rotatable bonds is 3. The number of amides is 1. The molecule has 0 saturated heterocycles. The first kappa shape index (κ1) is 12.9. The van der Waals surface area contributed by atoms with Gasteiger partial charge in [-0.25, -0.2) is 0 Å². The number of nitrogens with two attached hydrogens (primary N) is 1. The van der Waals surface area contributed by atoms with Crippen molar-refractivity contribution in [3.63, 3.8) is 0 Å². The number of hydrogen-bond acceptors (Lipinski definition) is 2. The lowest BCUT2D eigenvalue weighted by atomic mass is 9.94. The van der Waals surface area contributed by atoms with Gasteiger partial charge in [0, 0.05) is 18.8 Å². The normalized spacial score (nSPS) is 16.5. The van der Waals surface area contributed by atoms with Gasteiger partial charge in [0.05, 0.1) is 6.42 Å². The van der Waals surface area contributed by atoms with Gasteiger partial charge in [0.2, 0.25) is 5.91 Å². The summed E-state index contributed by atoms with van der Waals surface area (Å²) in [7, 11) is 1.93. The van der Waals surface area contributed by atoms with Crippen LogP contribution < -0.4 is 5.73 Å². The van der Waals surface area contributed by atoms with Gasteiger partial charge in [0.1, 0.15) is 0 Å². The van der Waals surface area contributed by atoms with Crippen LogP contribution >= 0.6 is 0 Å². The van der Waals surface area contributed by atoms with Crippen LogP contribution in [-0.4, -0.2) is 23.9 Å². The molecule has 1 aromatic rings. The van der Waals surface area contributed by atoms with E-state index in [0.717, 1.165) is 18.4 Å². The molecule has 0 heterocycles. The van der Waals surface area contributed by atoms with Crippen molar-refractivity contribution in [1.82, 2.24) is 4.90 Å². The first-order chi connectivity index (χ1) is 8.68. The van der Waals surface area contributed by atoms with Crippen molar-refractivity contribution in [3.05, 3.63) is 29.8 Å². The summed E-state index contributed by atoms with van der Waals surface area (Å²) >= 11 is 0. The van der Waals surface area contributed by atoms with E-state index in [-0.39, 0.29) is 5.91 Å². The fourth-order valence-electron chi connectivity index (χ4n) is 2.65. The molecule has 3 nitrogen and oxygen atoms in total. The molecule has 1 amide bonds. The highest BCUT2D eigenvalue weighted by Crippen LogP contribution is 2.22. The molecule has 0 aliphatic heterocycles. The Kier molecular flexibility index (Phi) is 4.24. The average molecular weight is 246 g/mol. The molecule has 0 aromatic heterocycles. The summed E-state index contributed by atoms with van der Waals surface area (Å²) in [6, 6.07) is 8.04. The molecule has 0 radical (unpaired) electrons. The van der Waals surface area contributed by atoms with Crippen molar-refractivity contribution in [2.45, 2.75) is 44.6 Å². The smallest absolute Gasteiger partial charge is 0.227 e. The third kappa shape index (κ3) is 3.03. The predicted molar refractivity (Wildman–Crippen MR) is 74.2 cm³/mol. The number of hydrogen-bond donors (Lipinski definition) is 1. The monoisotopic (exact) mass is 246 g/mol. The second-order valence-electron chi connectivity index (χ2n) is 5.17. The van der Waals surface area contributed by atoms with Gasteiger partial charge in [-0.2, -0.15) is 0 Å². The van der Waals surface area contributed by atoms with Crippen LogP contribution in [0.2, 0.25) is 0 Å². The van der Waals surface area contributed by atoms with Gasteiger partial charge >= 0.3 is 0 Å². The SMILES string of the molecule is CN(C(=O)Cc1ccccc1N)C1CCCCC1. The summed E-state index contributed by atoms with van der Waals surface area (Å²) in [5.41, 5.74) is 7.52. The molecule has 1 fully saturated rings. The Morgan fingerprint density at radius 3 is 2.61 bits per heavy atom. The molecular formula is C15H22N2O. The lowest BCUT2D eigenvalue weighted by Crippen LogP contribution is -2.39. The van der Waals surface area contributed by atoms with E-state index in [1.807, 2.05) is 36.2 Å². The molecule has 3 heteroatoms. The zero-order valence-electron chi connectivity index (χ0n) is 11.1. The van der Waals surface area contributed by atoms with Crippen LogP contribution in [0.15, 0.2) is 24.3 Å². The van der Waals surface area contributed by atoms with E-state index in [1.165, 1.54) is 19.3 Å². The first-order valence-corrected chi connectivity index (χ1v) is 6.77. The van der Waals surface area contributed by atoms with Crippen molar-refractivity contribution < 1.29 is 4.79 Å². The van der Waals surface area contributed by atoms with Crippen LogP contribution in [0, 0.1) is 0 Å². The summed E-state index contributed by atoms with van der Waals surface area (Å²) in [5, 5.41) is 0. The molecule has 0 bridgehead atoms. The number of nitrogens with zero attached hydrogens (tertiary/aromatic N) is 1. The number of carbonyl (C=O) groups excluding carboxylic acids is 1. The quantitative estimate of drug-likeness (QED) is 0.833. The molecule has 1 aromatic carbocycles. The number of anilines is 1. The number of nitrogen functional groups attached to an aromatic ring is 1. The van der Waals surface area contributed by atoms with E-state index in [2.05, 4.69) is 0 Å². The van der Waals surface area contributed by atoms with Gasteiger partial charge < -0.3 is 10.6 Å². The van der Waals surface area contributed by atoms with Gasteiger partial charge in [-0.3, -0.25) is 4.79 Å². The summed E-state index contributed by atoms with van der Waals surface area (Å²) in [4.78, 5) is 14.2. The van der Waals surface area contributed by atoms with E-state index in [1.54, 1.807) is 0 Å². The number of para-hydroxylation sites is 1. The summed E-state index contributed by atoms with van der Waals surface area (Å²) in [6.07, 6.45) is 6.51. The average Bonchev–Trinajstić information content (AvgIpc) is 2.41. The number of carbonyl (C=O) groups is 1. The fraction of sp³-hybridized carbons (Fsp3) is 0.533. The summed E-state index contributed by atoms with van der Waals surface area (Å²) in [6.45, 7) is 0. The molecule has 2 rings (SSSR count). The highest BCUT2D eigenvalue weighted by atomic mass is 16.2. The summed E-state index contributed by atoms with van der Waals surface area (Å²) < 4.78 is 0. The molecule has 0 atom stereocenters. The molecular weight excluding hydrogens is 224 g/mol. The van der Waals surface area contributed by atoms with Crippen LogP contribution in [0.4, 0.5) is 5.69 Å². The predicted octanol–water partition coefficient (Wildman–Crippen LogP) is 2.60. The first-order valence-electron chi connectivity index (χ1n) is 6.77. The van der Waals surface area contributed by atoms with Gasteiger partial charge in [0.25, 0.3) is 0 Å². The lowest BCUT2D eigenvalue weighted by Gasteiger charge is -2.31. The fourth-order valence-corrected chi connectivity index (χ4v) is 2.65. The largest absolute Gasteiger partial charge is 0.398 e. The minimum absolute atomic E-state index is 0.180. The Balaban J connectivity index is 1.97. The molecule has 0 unspecified atom stereocenters. The van der Waals surface area contributed by atoms with Gasteiger partial charge in [-0.1, -0.05) is 37.5 Å². The van der Waals surface area contributed by atoms with E-state index in [4.69, 9.17) is 5.73 Å². The maximum atomic E-state index is 12.2.